The highest BCUT2D eigenvalue weighted by molar-refractivity contribution is 5.94. The number of hydrogen-bond acceptors (Lipinski definition) is 4. The quantitative estimate of drug-likeness (QED) is 0.789. The molecule has 28 heavy (non-hydrogen) atoms. The van der Waals surface area contributed by atoms with Crippen LogP contribution in [0.5, 0.6) is 5.75 Å². The first kappa shape index (κ1) is 19.5. The number of ether oxygens (including phenoxy) is 1. The lowest BCUT2D eigenvalue weighted by molar-refractivity contribution is 0.0811. The molecule has 0 saturated carbocycles. The monoisotopic (exact) mass is 390 g/mol. The van der Waals surface area contributed by atoms with Gasteiger partial charge < -0.3 is 20.7 Å². The van der Waals surface area contributed by atoms with Crippen molar-refractivity contribution in [2.24, 2.45) is 5.73 Å². The Morgan fingerprint density at radius 3 is 2.89 bits per heavy atom. The number of benzene rings is 1. The summed E-state index contributed by atoms with van der Waals surface area (Å²) in [6.45, 7) is 0.171. The fraction of sp³-hybridized carbons (Fsp3) is 0.316. The van der Waals surface area contributed by atoms with Crippen molar-refractivity contribution in [3.05, 3.63) is 58.9 Å². The Morgan fingerprint density at radius 1 is 1.32 bits per heavy atom. The molecule has 9 heteroatoms. The molecule has 0 aliphatic carbocycles. The predicted molar refractivity (Wildman–Crippen MR) is 97.0 cm³/mol. The summed E-state index contributed by atoms with van der Waals surface area (Å²) >= 11 is 0. The van der Waals surface area contributed by atoms with Gasteiger partial charge in [-0.2, -0.15) is 0 Å². The fourth-order valence-electron chi connectivity index (χ4n) is 3.13. The third-order valence-electron chi connectivity index (χ3n) is 4.48. The minimum Gasteiger partial charge on any atom is -0.486 e. The molecule has 0 fully saturated rings. The molecule has 3 rings (SSSR count). The zero-order chi connectivity index (χ0) is 20.1. The first-order valence-corrected chi connectivity index (χ1v) is 8.73. The van der Waals surface area contributed by atoms with Gasteiger partial charge in [0.05, 0.1) is 6.20 Å². The molecule has 3 amide bonds. The molecule has 2 aromatic rings. The molecule has 7 nitrogen and oxygen atoms in total. The number of primary amides is 1. The van der Waals surface area contributed by atoms with E-state index in [1.807, 2.05) is 6.07 Å². The van der Waals surface area contributed by atoms with Gasteiger partial charge >= 0.3 is 6.03 Å². The minimum atomic E-state index is -2.60. The van der Waals surface area contributed by atoms with Crippen LogP contribution in [0.2, 0.25) is 0 Å². The molecule has 0 unspecified atom stereocenters. The smallest absolute Gasteiger partial charge is 0.317 e. The van der Waals surface area contributed by atoms with Gasteiger partial charge in [0.2, 0.25) is 5.91 Å². The van der Waals surface area contributed by atoms with E-state index in [0.717, 1.165) is 11.1 Å². The zero-order valence-electron chi connectivity index (χ0n) is 15.0. The number of nitrogens with one attached hydrogen (secondary N) is 1. The lowest BCUT2D eigenvalue weighted by Gasteiger charge is -2.30. The number of halogens is 2. The number of hydrogen-bond donors (Lipinski definition) is 2. The van der Waals surface area contributed by atoms with Crippen LogP contribution in [0.15, 0.2) is 36.7 Å². The van der Waals surface area contributed by atoms with Gasteiger partial charge in [0.25, 0.3) is 6.43 Å². The molecule has 1 aliphatic heterocycles. The first-order valence-electron chi connectivity index (χ1n) is 8.73. The summed E-state index contributed by atoms with van der Waals surface area (Å²) in [7, 11) is 0. The molecule has 148 valence electrons. The molecule has 0 spiro atoms. The summed E-state index contributed by atoms with van der Waals surface area (Å²) in [5, 5.41) is 2.76. The number of carbonyl (C=O) groups is 2. The molecule has 1 aromatic carbocycles. The summed E-state index contributed by atoms with van der Waals surface area (Å²) in [6.07, 6.45) is 0.771. The van der Waals surface area contributed by atoms with E-state index >= 15 is 0 Å². The normalized spacial score (nSPS) is 13.2. The molecular weight excluding hydrogens is 370 g/mol. The van der Waals surface area contributed by atoms with E-state index in [2.05, 4.69) is 10.3 Å². The standard InChI is InChI=1S/C19H20F2N4O3/c20-17(21)11-28-16-9-23-6-4-12(16)8-24-19(27)25-7-5-14-13(10-25)2-1-3-15(14)18(22)26/h1-4,6,9,17H,5,7-8,10-11H2,(H2,22,26)(H,24,27). The number of urea groups is 1. The maximum Gasteiger partial charge on any atom is 0.317 e. The molecule has 3 N–H and O–H groups in total. The zero-order valence-corrected chi connectivity index (χ0v) is 15.0. The summed E-state index contributed by atoms with van der Waals surface area (Å²) in [5.74, 6) is -0.276. The van der Waals surface area contributed by atoms with Crippen LogP contribution in [0, 0.1) is 0 Å². The van der Waals surface area contributed by atoms with Crippen molar-refractivity contribution in [3.8, 4) is 5.75 Å². The summed E-state index contributed by atoms with van der Waals surface area (Å²) in [4.78, 5) is 29.5. The Hall–Kier alpha value is -3.23. The molecule has 0 radical (unpaired) electrons. The largest absolute Gasteiger partial charge is 0.486 e. The van der Waals surface area contributed by atoms with Crippen LogP contribution in [0.25, 0.3) is 0 Å². The van der Waals surface area contributed by atoms with Crippen molar-refractivity contribution in [1.29, 1.82) is 0 Å². The molecule has 0 atom stereocenters. The third-order valence-corrected chi connectivity index (χ3v) is 4.48. The second kappa shape index (κ2) is 8.64. The highest BCUT2D eigenvalue weighted by Gasteiger charge is 2.23. The highest BCUT2D eigenvalue weighted by atomic mass is 19.3. The van der Waals surface area contributed by atoms with Crippen LogP contribution in [0.3, 0.4) is 0 Å². The summed E-state index contributed by atoms with van der Waals surface area (Å²) < 4.78 is 29.8. The van der Waals surface area contributed by atoms with Gasteiger partial charge in [-0.05, 0) is 29.7 Å². The number of rotatable bonds is 6. The highest BCUT2D eigenvalue weighted by Crippen LogP contribution is 2.23. The van der Waals surface area contributed by atoms with E-state index in [1.165, 1.54) is 12.4 Å². The van der Waals surface area contributed by atoms with Crippen LogP contribution >= 0.6 is 0 Å². The number of carbonyl (C=O) groups excluding carboxylic acids is 2. The van der Waals surface area contributed by atoms with E-state index in [9.17, 15) is 18.4 Å². The van der Waals surface area contributed by atoms with Gasteiger partial charge in [-0.1, -0.05) is 12.1 Å². The SMILES string of the molecule is NC(=O)c1cccc2c1CCN(C(=O)NCc1ccncc1OCC(F)F)C2. The Morgan fingerprint density at radius 2 is 2.14 bits per heavy atom. The number of alkyl halides is 2. The Balaban J connectivity index is 1.63. The predicted octanol–water partition coefficient (Wildman–Crippen LogP) is 2.09. The lowest BCUT2D eigenvalue weighted by Crippen LogP contribution is -2.43. The van der Waals surface area contributed by atoms with E-state index in [-0.39, 0.29) is 18.3 Å². The van der Waals surface area contributed by atoms with Crippen molar-refractivity contribution in [1.82, 2.24) is 15.2 Å². The van der Waals surface area contributed by atoms with E-state index in [0.29, 0.717) is 30.6 Å². The first-order chi connectivity index (χ1) is 13.5. The fourth-order valence-corrected chi connectivity index (χ4v) is 3.13. The number of fused-ring (bicyclic) bond motifs is 1. The van der Waals surface area contributed by atoms with Crippen LogP contribution in [0.4, 0.5) is 13.6 Å². The molecular formula is C19H20F2N4O3. The second-order valence-corrected chi connectivity index (χ2v) is 6.32. The van der Waals surface area contributed by atoms with Crippen molar-refractivity contribution in [2.75, 3.05) is 13.2 Å². The number of nitrogens with zero attached hydrogens (tertiary/aromatic N) is 2. The summed E-state index contributed by atoms with van der Waals surface area (Å²) in [6, 6.07) is 6.59. The topological polar surface area (TPSA) is 97.6 Å². The van der Waals surface area contributed by atoms with Crippen molar-refractivity contribution < 1.29 is 23.1 Å². The Bertz CT molecular complexity index is 876. The number of pyridine rings is 1. The minimum absolute atomic E-state index is 0.116. The molecule has 2 heterocycles. The lowest BCUT2D eigenvalue weighted by atomic mass is 9.94. The van der Waals surface area contributed by atoms with E-state index in [1.54, 1.807) is 23.1 Å². The van der Waals surface area contributed by atoms with Gasteiger partial charge in [-0.15, -0.1) is 0 Å². The number of aromatic nitrogens is 1. The summed E-state index contributed by atoms with van der Waals surface area (Å²) in [5.41, 5.74) is 8.19. The van der Waals surface area contributed by atoms with Gasteiger partial charge in [0.1, 0.15) is 12.4 Å². The Kier molecular flexibility index (Phi) is 6.03. The van der Waals surface area contributed by atoms with Crippen molar-refractivity contribution >= 4 is 11.9 Å². The van der Waals surface area contributed by atoms with Crippen LogP contribution in [-0.2, 0) is 19.5 Å². The second-order valence-electron chi connectivity index (χ2n) is 6.32. The number of amides is 3. The van der Waals surface area contributed by atoms with E-state index < -0.39 is 18.9 Å². The molecule has 1 aromatic heterocycles. The van der Waals surface area contributed by atoms with Gasteiger partial charge in [-0.3, -0.25) is 9.78 Å². The van der Waals surface area contributed by atoms with Crippen LogP contribution < -0.4 is 15.8 Å². The third kappa shape index (κ3) is 4.54. The van der Waals surface area contributed by atoms with Gasteiger partial charge in [0.15, 0.2) is 0 Å². The van der Waals surface area contributed by atoms with E-state index in [4.69, 9.17) is 10.5 Å². The number of nitrogens with two attached hydrogens (primary N) is 1. The molecule has 0 bridgehead atoms. The average molecular weight is 390 g/mol. The maximum absolute atomic E-state index is 12.5. The molecule has 0 saturated heterocycles. The molecule has 1 aliphatic rings. The Labute approximate surface area is 160 Å². The van der Waals surface area contributed by atoms with Gasteiger partial charge in [0, 0.05) is 37.0 Å². The maximum atomic E-state index is 12.5. The average Bonchev–Trinajstić information content (AvgIpc) is 2.69. The van der Waals surface area contributed by atoms with Crippen LogP contribution in [0.1, 0.15) is 27.0 Å². The van der Waals surface area contributed by atoms with Gasteiger partial charge in [-0.25, -0.2) is 13.6 Å². The van der Waals surface area contributed by atoms with Crippen molar-refractivity contribution in [2.45, 2.75) is 25.9 Å². The van der Waals surface area contributed by atoms with Crippen molar-refractivity contribution in [3.63, 3.8) is 0 Å². The van der Waals surface area contributed by atoms with Crippen LogP contribution in [-0.4, -0.2) is 41.4 Å².